The smallest absolute Gasteiger partial charge is 0.422 e. The third kappa shape index (κ3) is 16.7. The summed E-state index contributed by atoms with van der Waals surface area (Å²) in [4.78, 5) is 74.2. The van der Waals surface area contributed by atoms with Crippen molar-refractivity contribution >= 4 is 53.6 Å². The van der Waals surface area contributed by atoms with Crippen molar-refractivity contribution in [2.75, 3.05) is 42.7 Å². The average Bonchev–Trinajstić information content (AvgIpc) is 0.785. The lowest BCUT2D eigenvalue weighted by atomic mass is 10.1. The summed E-state index contributed by atoms with van der Waals surface area (Å²) in [6.07, 6.45) is -13.2. The lowest BCUT2D eigenvalue weighted by Crippen LogP contribution is -2.41. The Morgan fingerprint density at radius 3 is 1.34 bits per heavy atom. The van der Waals surface area contributed by atoms with Crippen LogP contribution in [-0.4, -0.2) is 116 Å². The van der Waals surface area contributed by atoms with E-state index < -0.39 is 133 Å². The van der Waals surface area contributed by atoms with Crippen LogP contribution in [0.4, 0.5) is 48.3 Å². The third-order valence-electron chi connectivity index (χ3n) is 14.0. The first-order valence-corrected chi connectivity index (χ1v) is 30.6. The van der Waals surface area contributed by atoms with E-state index >= 15 is 0 Å². The van der Waals surface area contributed by atoms with Gasteiger partial charge in [-0.2, -0.15) is 44.8 Å². The Kier molecular flexibility index (Phi) is 21.0. The highest BCUT2D eigenvalue weighted by Gasteiger charge is 2.37. The maximum Gasteiger partial charge on any atom is 0.422 e. The van der Waals surface area contributed by atoms with Crippen molar-refractivity contribution in [1.82, 2.24) is 38.9 Å². The fourth-order valence-electron chi connectivity index (χ4n) is 9.14. The van der Waals surface area contributed by atoms with E-state index in [-0.39, 0.29) is 74.3 Å². The van der Waals surface area contributed by atoms with Crippen LogP contribution in [0.3, 0.4) is 0 Å². The van der Waals surface area contributed by atoms with Crippen LogP contribution in [0.15, 0.2) is 131 Å². The number of pyridine rings is 2. The van der Waals surface area contributed by atoms with Gasteiger partial charge in [-0.25, -0.2) is 45.6 Å². The maximum absolute atomic E-state index is 13.9. The predicted octanol–water partition coefficient (Wildman–Crippen LogP) is 9.82. The molecule has 2 amide bonds. The fourth-order valence-corrected chi connectivity index (χ4v) is 10.7. The third-order valence-corrected chi connectivity index (χ3v) is 17.3. The molecule has 8 rings (SSSR count). The molecular formula is C59H52F11N9O9S2. The Labute approximate surface area is 505 Å². The van der Waals surface area contributed by atoms with Gasteiger partial charge < -0.3 is 14.5 Å². The molecule has 4 aromatic heterocycles. The zero-order chi connectivity index (χ0) is 66.3. The number of sulfone groups is 2. The molecule has 0 aliphatic heterocycles. The number of benzene rings is 4. The van der Waals surface area contributed by atoms with E-state index in [2.05, 4.69) is 19.9 Å². The summed E-state index contributed by atoms with van der Waals surface area (Å²) in [5.74, 6) is -6.48. The van der Waals surface area contributed by atoms with Gasteiger partial charge in [0.25, 0.3) is 11.1 Å². The molecular weight excluding hydrogens is 1250 g/mol. The summed E-state index contributed by atoms with van der Waals surface area (Å²) in [7, 11) is -7.29. The van der Waals surface area contributed by atoms with Crippen LogP contribution in [0.5, 0.6) is 5.75 Å². The van der Waals surface area contributed by atoms with Crippen molar-refractivity contribution in [3.8, 4) is 23.2 Å². The number of hydrogen-bond donors (Lipinski definition) is 0. The Morgan fingerprint density at radius 1 is 0.600 bits per heavy atom. The summed E-state index contributed by atoms with van der Waals surface area (Å²) < 4.78 is 202. The van der Waals surface area contributed by atoms with E-state index in [1.165, 1.54) is 111 Å². The number of halogens is 11. The number of aromatic nitrogens is 6. The first-order valence-electron chi connectivity index (χ1n) is 26.9. The highest BCUT2D eigenvalue weighted by Crippen LogP contribution is 2.35. The fraction of sp³-hybridized carbons (Fsp3) is 0.305. The lowest BCUT2D eigenvalue weighted by molar-refractivity contribution is -0.153. The van der Waals surface area contributed by atoms with E-state index in [0.29, 0.717) is 35.5 Å². The molecule has 18 nitrogen and oxygen atoms in total. The van der Waals surface area contributed by atoms with Crippen LogP contribution in [0.25, 0.3) is 33.4 Å². The first-order chi connectivity index (χ1) is 42.1. The SMILES string of the molecule is CCS(=O)(=O)CCN(C(=O)Cc1ccc(F)c(C(F)(F)F)c1)C(C)c1nc2ncccc2c(=O)n1-c1ccc(C#N)cc1.CCS(=O)(=O)CCN(C(=O)Cc1ccc(F)c(C(F)(F)F)c1)C(C)c1nc2ncccc2c(=O)n1-c1ccc(OCC(F)(F)F)cc1. The minimum Gasteiger partial charge on any atom is -0.484 e. The van der Waals surface area contributed by atoms with Crippen molar-refractivity contribution in [2.45, 2.75) is 71.1 Å². The minimum absolute atomic E-state index is 0.00163. The summed E-state index contributed by atoms with van der Waals surface area (Å²) in [5, 5.41) is 9.39. The van der Waals surface area contributed by atoms with Gasteiger partial charge in [0.15, 0.2) is 37.6 Å². The molecule has 0 aliphatic rings. The Balaban J connectivity index is 0.000000257. The minimum atomic E-state index is -5.04. The van der Waals surface area contributed by atoms with Crippen molar-refractivity contribution in [3.05, 3.63) is 193 Å². The van der Waals surface area contributed by atoms with Crippen LogP contribution >= 0.6 is 0 Å². The first kappa shape index (κ1) is 68.3. The van der Waals surface area contributed by atoms with Gasteiger partial charge in [-0.3, -0.25) is 28.3 Å². The quantitative estimate of drug-likeness (QED) is 0.0646. The second-order valence-corrected chi connectivity index (χ2v) is 24.9. The molecule has 8 aromatic rings. The molecule has 2 atom stereocenters. The Morgan fingerprint density at radius 2 is 0.989 bits per heavy atom. The molecule has 31 heteroatoms. The number of hydrogen-bond acceptors (Lipinski definition) is 14. The normalized spacial score (nSPS) is 12.8. The van der Waals surface area contributed by atoms with E-state index in [1.54, 1.807) is 6.07 Å². The summed E-state index contributed by atoms with van der Waals surface area (Å²) in [5.41, 5.74) is -3.99. The number of rotatable bonds is 20. The van der Waals surface area contributed by atoms with Gasteiger partial charge in [0.05, 0.1) is 81.3 Å². The highest BCUT2D eigenvalue weighted by atomic mass is 32.2. The molecule has 0 spiro atoms. The highest BCUT2D eigenvalue weighted by molar-refractivity contribution is 7.91. The molecule has 0 saturated heterocycles. The van der Waals surface area contributed by atoms with Gasteiger partial charge in [0.2, 0.25) is 11.8 Å². The average molecular weight is 1300 g/mol. The van der Waals surface area contributed by atoms with Gasteiger partial charge in [-0.1, -0.05) is 26.0 Å². The van der Waals surface area contributed by atoms with Crippen LogP contribution in [0.2, 0.25) is 0 Å². The zero-order valence-corrected chi connectivity index (χ0v) is 49.4. The summed E-state index contributed by atoms with van der Waals surface area (Å²) in [6, 6.07) is 20.7. The molecule has 90 heavy (non-hydrogen) atoms. The van der Waals surface area contributed by atoms with Crippen molar-refractivity contribution in [1.29, 1.82) is 5.26 Å². The Bertz CT molecular complexity index is 4370. The largest absolute Gasteiger partial charge is 0.484 e. The number of alkyl halides is 9. The van der Waals surface area contributed by atoms with Gasteiger partial charge in [0.1, 0.15) is 29.0 Å². The van der Waals surface area contributed by atoms with E-state index in [1.807, 2.05) is 6.07 Å². The Hall–Kier alpha value is -9.18. The van der Waals surface area contributed by atoms with E-state index in [4.69, 9.17) is 4.74 Å². The molecule has 2 unspecified atom stereocenters. The molecule has 4 heterocycles. The van der Waals surface area contributed by atoms with E-state index in [9.17, 15) is 89.6 Å². The standard InChI is InChI=1S/C30H27F7N4O5S.C29H25F4N5O4S/c1-3-47(44,45)14-13-40(25(42)16-19-6-11-24(31)23(15-19)30(35,36)37)18(2)27-39-26-22(5-4-12-38-26)28(43)41(27)20-7-9-21(10-8-20)46-17-29(32,33)34;1-3-43(41,42)14-13-37(25(39)16-20-8-11-24(30)23(15-20)29(31,32)33)18(2)27-36-26-22(5-4-12-35-26)28(40)38(27)21-9-6-19(17-34)7-10-21/h4-12,15,18H,3,13-14,16-17H2,1-2H3;4-12,15,18H,3,13-14,16H2,1-2H3. The topological polar surface area (TPSA) is 237 Å². The molecule has 4 aromatic carbocycles. The lowest BCUT2D eigenvalue weighted by Gasteiger charge is -2.30. The van der Waals surface area contributed by atoms with Crippen LogP contribution in [-0.2, 0) is 54.5 Å². The number of fused-ring (bicyclic) bond motifs is 2. The maximum atomic E-state index is 13.9. The van der Waals surface area contributed by atoms with Crippen molar-refractivity contribution in [3.63, 3.8) is 0 Å². The zero-order valence-electron chi connectivity index (χ0n) is 47.7. The second-order valence-electron chi connectivity index (χ2n) is 20.0. The van der Waals surface area contributed by atoms with Crippen molar-refractivity contribution < 1.29 is 79.5 Å². The van der Waals surface area contributed by atoms with Gasteiger partial charge >= 0.3 is 18.5 Å². The summed E-state index contributed by atoms with van der Waals surface area (Å²) >= 11 is 0. The van der Waals surface area contributed by atoms with Crippen LogP contribution in [0.1, 0.15) is 79.2 Å². The summed E-state index contributed by atoms with van der Waals surface area (Å²) in [6.45, 7) is 3.35. The molecule has 0 saturated carbocycles. The molecule has 0 bridgehead atoms. The molecule has 0 radical (unpaired) electrons. The number of ether oxygens (including phenoxy) is 1. The van der Waals surface area contributed by atoms with Gasteiger partial charge in [0, 0.05) is 37.0 Å². The number of carbonyl (C=O) groups is 2. The molecule has 0 aliphatic carbocycles. The number of nitrogens with zero attached hydrogens (tertiary/aromatic N) is 9. The number of carbonyl (C=O) groups excluding carboxylic acids is 2. The molecule has 0 N–H and O–H groups in total. The van der Waals surface area contributed by atoms with E-state index in [0.717, 1.165) is 26.5 Å². The monoisotopic (exact) mass is 1300 g/mol. The van der Waals surface area contributed by atoms with Crippen molar-refractivity contribution in [2.24, 2.45) is 0 Å². The van der Waals surface area contributed by atoms with Gasteiger partial charge in [-0.05, 0) is 122 Å². The number of amides is 2. The molecule has 476 valence electrons. The number of nitriles is 1. The van der Waals surface area contributed by atoms with Gasteiger partial charge in [-0.15, -0.1) is 0 Å². The second kappa shape index (κ2) is 27.7. The van der Waals surface area contributed by atoms with Crippen LogP contribution < -0.4 is 15.9 Å². The predicted molar refractivity (Wildman–Crippen MR) is 306 cm³/mol. The van der Waals surface area contributed by atoms with Crippen LogP contribution in [0, 0.1) is 23.0 Å². The molecule has 0 fully saturated rings.